The summed E-state index contributed by atoms with van der Waals surface area (Å²) < 4.78 is 0. The van der Waals surface area contributed by atoms with Crippen LogP contribution < -0.4 is 10.6 Å². The first-order valence-electron chi connectivity index (χ1n) is 6.70. The van der Waals surface area contributed by atoms with Crippen molar-refractivity contribution >= 4 is 5.91 Å². The molecule has 0 aromatic rings. The molecule has 0 aromatic carbocycles. The molecule has 2 heterocycles. The zero-order chi connectivity index (χ0) is 12.1. The molecule has 2 fully saturated rings. The second-order valence-electron chi connectivity index (χ2n) is 4.92. The molecule has 5 heteroatoms. The molecule has 17 heavy (non-hydrogen) atoms. The maximum atomic E-state index is 11.8. The van der Waals surface area contributed by atoms with Gasteiger partial charge in [-0.05, 0) is 25.9 Å². The van der Waals surface area contributed by atoms with Gasteiger partial charge in [-0.25, -0.2) is 0 Å². The summed E-state index contributed by atoms with van der Waals surface area (Å²) in [4.78, 5) is 16.6. The van der Waals surface area contributed by atoms with Crippen LogP contribution in [0.2, 0.25) is 0 Å². The predicted octanol–water partition coefficient (Wildman–Crippen LogP) is -0.898. The first-order valence-corrected chi connectivity index (χ1v) is 6.70. The fourth-order valence-electron chi connectivity index (χ4n) is 2.72. The molecule has 0 radical (unpaired) electrons. The van der Waals surface area contributed by atoms with E-state index in [2.05, 4.69) is 20.4 Å². The average Bonchev–Trinajstić information content (AvgIpc) is 2.89. The SMILES string of the molecule is CNC(=O)C1CNCCN1CCN1CCCC1. The largest absolute Gasteiger partial charge is 0.358 e. The molecule has 1 amide bonds. The monoisotopic (exact) mass is 240 g/mol. The number of carbonyl (C=O) groups is 1. The van der Waals surface area contributed by atoms with Crippen molar-refractivity contribution in [1.29, 1.82) is 0 Å². The molecule has 1 unspecified atom stereocenters. The van der Waals surface area contributed by atoms with E-state index in [0.717, 1.165) is 32.7 Å². The van der Waals surface area contributed by atoms with Gasteiger partial charge in [0.2, 0.25) is 5.91 Å². The zero-order valence-corrected chi connectivity index (χ0v) is 10.7. The molecule has 98 valence electrons. The van der Waals surface area contributed by atoms with Crippen molar-refractivity contribution in [3.63, 3.8) is 0 Å². The normalized spacial score (nSPS) is 27.2. The molecule has 0 saturated carbocycles. The first-order chi connectivity index (χ1) is 8.31. The van der Waals surface area contributed by atoms with Crippen molar-refractivity contribution in [2.24, 2.45) is 0 Å². The van der Waals surface area contributed by atoms with E-state index in [1.54, 1.807) is 7.05 Å². The van der Waals surface area contributed by atoms with E-state index in [1.807, 2.05) is 0 Å². The average molecular weight is 240 g/mol. The Hall–Kier alpha value is -0.650. The second kappa shape index (κ2) is 6.33. The molecule has 1 atom stereocenters. The zero-order valence-electron chi connectivity index (χ0n) is 10.7. The van der Waals surface area contributed by atoms with Gasteiger partial charge in [0, 0.05) is 39.8 Å². The van der Waals surface area contributed by atoms with Crippen LogP contribution in [0.15, 0.2) is 0 Å². The van der Waals surface area contributed by atoms with Gasteiger partial charge < -0.3 is 15.5 Å². The Kier molecular flexibility index (Phi) is 4.76. The van der Waals surface area contributed by atoms with Gasteiger partial charge >= 0.3 is 0 Å². The Bertz CT molecular complexity index is 253. The van der Waals surface area contributed by atoms with Gasteiger partial charge in [0.1, 0.15) is 6.04 Å². The highest BCUT2D eigenvalue weighted by Gasteiger charge is 2.27. The lowest BCUT2D eigenvalue weighted by atomic mass is 10.1. The van der Waals surface area contributed by atoms with Crippen LogP contribution in [0.4, 0.5) is 0 Å². The van der Waals surface area contributed by atoms with Gasteiger partial charge in [-0.1, -0.05) is 0 Å². The Labute approximate surface area is 104 Å². The van der Waals surface area contributed by atoms with Gasteiger partial charge in [-0.2, -0.15) is 0 Å². The van der Waals surface area contributed by atoms with Crippen LogP contribution in [0.1, 0.15) is 12.8 Å². The molecule has 2 aliphatic rings. The Morgan fingerprint density at radius 2 is 2.06 bits per heavy atom. The fraction of sp³-hybridized carbons (Fsp3) is 0.917. The summed E-state index contributed by atoms with van der Waals surface area (Å²) in [5, 5.41) is 6.05. The third kappa shape index (κ3) is 3.40. The van der Waals surface area contributed by atoms with Crippen molar-refractivity contribution in [1.82, 2.24) is 20.4 Å². The fourth-order valence-corrected chi connectivity index (χ4v) is 2.72. The molecule has 2 aliphatic heterocycles. The topological polar surface area (TPSA) is 47.6 Å². The van der Waals surface area contributed by atoms with Gasteiger partial charge in [-0.3, -0.25) is 9.69 Å². The van der Waals surface area contributed by atoms with Crippen LogP contribution in [-0.2, 0) is 4.79 Å². The van der Waals surface area contributed by atoms with Gasteiger partial charge in [0.25, 0.3) is 0 Å². The van der Waals surface area contributed by atoms with Crippen LogP contribution >= 0.6 is 0 Å². The number of likely N-dealkylation sites (N-methyl/N-ethyl adjacent to an activating group) is 1. The van der Waals surface area contributed by atoms with Crippen molar-refractivity contribution in [3.8, 4) is 0 Å². The number of hydrogen-bond acceptors (Lipinski definition) is 4. The summed E-state index contributed by atoms with van der Waals surface area (Å²) in [7, 11) is 1.72. The lowest BCUT2D eigenvalue weighted by Crippen LogP contribution is -2.58. The van der Waals surface area contributed by atoms with Crippen LogP contribution in [0.25, 0.3) is 0 Å². The molecule has 2 saturated heterocycles. The van der Waals surface area contributed by atoms with E-state index >= 15 is 0 Å². The Morgan fingerprint density at radius 3 is 2.76 bits per heavy atom. The quantitative estimate of drug-likeness (QED) is 0.669. The van der Waals surface area contributed by atoms with E-state index in [1.165, 1.54) is 25.9 Å². The molecule has 2 rings (SSSR count). The summed E-state index contributed by atoms with van der Waals surface area (Å²) >= 11 is 0. The molecule has 2 N–H and O–H groups in total. The Morgan fingerprint density at radius 1 is 1.29 bits per heavy atom. The summed E-state index contributed by atoms with van der Waals surface area (Å²) in [5.41, 5.74) is 0. The summed E-state index contributed by atoms with van der Waals surface area (Å²) in [6, 6.07) is 0.0105. The third-order valence-electron chi connectivity index (χ3n) is 3.81. The third-order valence-corrected chi connectivity index (χ3v) is 3.81. The summed E-state index contributed by atoms with van der Waals surface area (Å²) in [6.45, 7) is 7.33. The van der Waals surface area contributed by atoms with Crippen molar-refractivity contribution in [3.05, 3.63) is 0 Å². The van der Waals surface area contributed by atoms with Gasteiger partial charge in [0.05, 0.1) is 0 Å². The number of likely N-dealkylation sites (tertiary alicyclic amines) is 1. The Balaban J connectivity index is 1.80. The number of rotatable bonds is 4. The number of hydrogen-bond donors (Lipinski definition) is 2. The standard InChI is InChI=1S/C12H24N4O/c1-13-12(17)11-10-14-4-7-16(11)9-8-15-5-2-3-6-15/h11,14H,2-10H2,1H3,(H,13,17). The van der Waals surface area contributed by atoms with Crippen LogP contribution in [0, 0.1) is 0 Å². The van der Waals surface area contributed by atoms with Crippen molar-refractivity contribution < 1.29 is 4.79 Å². The maximum absolute atomic E-state index is 11.8. The van der Waals surface area contributed by atoms with Crippen LogP contribution in [0.5, 0.6) is 0 Å². The molecule has 0 aliphatic carbocycles. The number of piperazine rings is 1. The summed E-state index contributed by atoms with van der Waals surface area (Å²) in [5.74, 6) is 0.138. The van der Waals surface area contributed by atoms with Crippen molar-refractivity contribution in [2.75, 3.05) is 52.9 Å². The van der Waals surface area contributed by atoms with E-state index in [4.69, 9.17) is 0 Å². The number of carbonyl (C=O) groups excluding carboxylic acids is 1. The molecular weight excluding hydrogens is 216 g/mol. The molecular formula is C12H24N4O. The first kappa shape index (κ1) is 12.8. The van der Waals surface area contributed by atoms with Gasteiger partial charge in [-0.15, -0.1) is 0 Å². The minimum Gasteiger partial charge on any atom is -0.358 e. The number of nitrogens with one attached hydrogen (secondary N) is 2. The molecule has 0 aromatic heterocycles. The highest BCUT2D eigenvalue weighted by atomic mass is 16.2. The van der Waals surface area contributed by atoms with E-state index < -0.39 is 0 Å². The van der Waals surface area contributed by atoms with Crippen LogP contribution in [-0.4, -0.2) is 74.6 Å². The highest BCUT2D eigenvalue weighted by molar-refractivity contribution is 5.81. The molecule has 0 spiro atoms. The smallest absolute Gasteiger partial charge is 0.238 e. The number of nitrogens with zero attached hydrogens (tertiary/aromatic N) is 2. The highest BCUT2D eigenvalue weighted by Crippen LogP contribution is 2.09. The van der Waals surface area contributed by atoms with Crippen LogP contribution in [0.3, 0.4) is 0 Å². The van der Waals surface area contributed by atoms with Crippen molar-refractivity contribution in [2.45, 2.75) is 18.9 Å². The van der Waals surface area contributed by atoms with E-state index in [9.17, 15) is 4.79 Å². The maximum Gasteiger partial charge on any atom is 0.238 e. The molecule has 0 bridgehead atoms. The lowest BCUT2D eigenvalue weighted by molar-refractivity contribution is -0.126. The lowest BCUT2D eigenvalue weighted by Gasteiger charge is -2.35. The van der Waals surface area contributed by atoms with E-state index in [0.29, 0.717) is 0 Å². The predicted molar refractivity (Wildman–Crippen MR) is 68.0 cm³/mol. The second-order valence-corrected chi connectivity index (χ2v) is 4.92. The minimum atomic E-state index is 0.0105. The van der Waals surface area contributed by atoms with Gasteiger partial charge in [0.15, 0.2) is 0 Å². The van der Waals surface area contributed by atoms with E-state index in [-0.39, 0.29) is 11.9 Å². The molecule has 5 nitrogen and oxygen atoms in total. The summed E-state index contributed by atoms with van der Waals surface area (Å²) in [6.07, 6.45) is 2.67. The minimum absolute atomic E-state index is 0.0105. The number of amides is 1.